The van der Waals surface area contributed by atoms with E-state index in [1.807, 2.05) is 0 Å². The van der Waals surface area contributed by atoms with Gasteiger partial charge < -0.3 is 9.88 Å². The minimum Gasteiger partial charge on any atom is -0.330 e. The average molecular weight is 233 g/mol. The van der Waals surface area contributed by atoms with Gasteiger partial charge in [0.15, 0.2) is 0 Å². The van der Waals surface area contributed by atoms with E-state index in [1.54, 1.807) is 0 Å². The van der Waals surface area contributed by atoms with Gasteiger partial charge in [0.05, 0.1) is 12.0 Å². The second-order valence-corrected chi connectivity index (χ2v) is 5.80. The highest BCUT2D eigenvalue weighted by Crippen LogP contribution is 2.35. The van der Waals surface area contributed by atoms with Crippen LogP contribution in [0.5, 0.6) is 0 Å². The highest BCUT2D eigenvalue weighted by atomic mass is 15.1. The van der Waals surface area contributed by atoms with Crippen LogP contribution in [0.2, 0.25) is 0 Å². The fourth-order valence-electron chi connectivity index (χ4n) is 3.48. The van der Waals surface area contributed by atoms with Crippen molar-refractivity contribution in [3.63, 3.8) is 0 Å². The van der Waals surface area contributed by atoms with Gasteiger partial charge >= 0.3 is 0 Å². The van der Waals surface area contributed by atoms with Gasteiger partial charge in [-0.3, -0.25) is 0 Å². The molecule has 1 saturated carbocycles. The number of aromatic nitrogens is 2. The monoisotopic (exact) mass is 233 g/mol. The molecule has 3 rings (SSSR count). The summed E-state index contributed by atoms with van der Waals surface area (Å²) in [5, 5.41) is 3.59. The summed E-state index contributed by atoms with van der Waals surface area (Å²) < 4.78 is 2.46. The van der Waals surface area contributed by atoms with Crippen molar-refractivity contribution >= 4 is 0 Å². The Balaban J connectivity index is 1.79. The molecule has 2 unspecified atom stereocenters. The fraction of sp³-hybridized carbons (Fsp3) is 0.786. The predicted molar refractivity (Wildman–Crippen MR) is 68.9 cm³/mol. The van der Waals surface area contributed by atoms with Crippen molar-refractivity contribution in [2.24, 2.45) is 5.92 Å². The molecule has 2 aliphatic rings. The molecule has 3 atom stereocenters. The molecular weight excluding hydrogens is 210 g/mol. The van der Waals surface area contributed by atoms with Gasteiger partial charge in [-0.1, -0.05) is 19.8 Å². The van der Waals surface area contributed by atoms with Crippen molar-refractivity contribution in [3.05, 3.63) is 18.2 Å². The molecule has 2 heterocycles. The molecule has 0 bridgehead atoms. The number of hydrogen-bond acceptors (Lipinski definition) is 2. The third-order valence-electron chi connectivity index (χ3n) is 4.42. The summed E-state index contributed by atoms with van der Waals surface area (Å²) in [6.45, 7) is 3.55. The Morgan fingerprint density at radius 3 is 3.00 bits per heavy atom. The molecule has 0 spiro atoms. The van der Waals surface area contributed by atoms with E-state index in [0.717, 1.165) is 12.5 Å². The van der Waals surface area contributed by atoms with E-state index in [-0.39, 0.29) is 0 Å². The Hall–Kier alpha value is -0.830. The summed E-state index contributed by atoms with van der Waals surface area (Å²) in [6, 6.07) is 1.24. The zero-order valence-corrected chi connectivity index (χ0v) is 10.7. The maximum Gasteiger partial charge on any atom is 0.0951 e. The van der Waals surface area contributed by atoms with Crippen LogP contribution in [-0.2, 0) is 0 Å². The Kier molecular flexibility index (Phi) is 3.19. The third kappa shape index (κ3) is 2.25. The Bertz CT molecular complexity index is 365. The van der Waals surface area contributed by atoms with Crippen molar-refractivity contribution in [3.8, 4) is 0 Å². The third-order valence-corrected chi connectivity index (χ3v) is 4.42. The van der Waals surface area contributed by atoms with Crippen molar-refractivity contribution in [2.45, 2.75) is 57.5 Å². The topological polar surface area (TPSA) is 29.9 Å². The first kappa shape index (κ1) is 11.3. The van der Waals surface area contributed by atoms with Crippen molar-refractivity contribution in [1.82, 2.24) is 14.9 Å². The van der Waals surface area contributed by atoms with Crippen molar-refractivity contribution < 1.29 is 0 Å². The maximum absolute atomic E-state index is 4.39. The predicted octanol–water partition coefficient (Wildman–Crippen LogP) is 3.06. The van der Waals surface area contributed by atoms with Crippen LogP contribution < -0.4 is 5.32 Å². The molecule has 0 radical (unpaired) electrons. The maximum atomic E-state index is 4.39. The molecule has 94 valence electrons. The molecule has 1 aromatic rings. The lowest BCUT2D eigenvalue weighted by molar-refractivity contribution is 0.275. The molecule has 3 nitrogen and oxygen atoms in total. The number of nitrogens with one attached hydrogen (secondary N) is 1. The Morgan fingerprint density at radius 2 is 2.24 bits per heavy atom. The van der Waals surface area contributed by atoms with E-state index < -0.39 is 0 Å². The van der Waals surface area contributed by atoms with E-state index in [1.165, 1.54) is 44.2 Å². The van der Waals surface area contributed by atoms with Crippen LogP contribution in [0.15, 0.2) is 12.5 Å². The van der Waals surface area contributed by atoms with E-state index in [4.69, 9.17) is 0 Å². The van der Waals surface area contributed by atoms with Gasteiger partial charge in [-0.15, -0.1) is 0 Å². The second kappa shape index (κ2) is 4.81. The molecule has 2 fully saturated rings. The summed E-state index contributed by atoms with van der Waals surface area (Å²) in [4.78, 5) is 4.39. The summed E-state index contributed by atoms with van der Waals surface area (Å²) in [5.41, 5.74) is 1.42. The summed E-state index contributed by atoms with van der Waals surface area (Å²) in [5.74, 6) is 0.875. The SMILES string of the molecule is CC1CCCC(n2cncc2[C@@H]2CCCN2)C1. The first-order valence-electron chi connectivity index (χ1n) is 7.09. The molecule has 17 heavy (non-hydrogen) atoms. The minimum atomic E-state index is 0.551. The van der Waals surface area contributed by atoms with E-state index in [0.29, 0.717) is 12.1 Å². The molecule has 1 saturated heterocycles. The van der Waals surface area contributed by atoms with Crippen LogP contribution in [-0.4, -0.2) is 16.1 Å². The number of nitrogens with zero attached hydrogens (tertiary/aromatic N) is 2. The molecule has 1 aromatic heterocycles. The van der Waals surface area contributed by atoms with Crippen LogP contribution in [0.1, 0.15) is 63.2 Å². The van der Waals surface area contributed by atoms with Gasteiger partial charge in [-0.05, 0) is 38.1 Å². The van der Waals surface area contributed by atoms with Crippen LogP contribution >= 0.6 is 0 Å². The van der Waals surface area contributed by atoms with E-state index in [9.17, 15) is 0 Å². The first-order valence-corrected chi connectivity index (χ1v) is 7.09. The fourth-order valence-corrected chi connectivity index (χ4v) is 3.48. The molecule has 1 N–H and O–H groups in total. The van der Waals surface area contributed by atoms with Crippen molar-refractivity contribution in [1.29, 1.82) is 0 Å². The van der Waals surface area contributed by atoms with Gasteiger partial charge in [0.25, 0.3) is 0 Å². The molecule has 0 aromatic carbocycles. The molecular formula is C14H23N3. The Morgan fingerprint density at radius 1 is 1.29 bits per heavy atom. The van der Waals surface area contributed by atoms with Gasteiger partial charge in [0, 0.05) is 18.3 Å². The first-order chi connectivity index (χ1) is 8.34. The van der Waals surface area contributed by atoms with Gasteiger partial charge in [-0.2, -0.15) is 0 Å². The smallest absolute Gasteiger partial charge is 0.0951 e. The lowest BCUT2D eigenvalue weighted by atomic mass is 9.87. The van der Waals surface area contributed by atoms with Gasteiger partial charge in [-0.25, -0.2) is 4.98 Å². The zero-order chi connectivity index (χ0) is 11.7. The molecule has 0 amide bonds. The highest BCUT2D eigenvalue weighted by molar-refractivity contribution is 5.09. The summed E-state index contributed by atoms with van der Waals surface area (Å²) in [7, 11) is 0. The normalized spacial score (nSPS) is 34.1. The standard InChI is InChI=1S/C14H23N3/c1-11-4-2-5-12(8-11)17-10-15-9-14(17)13-6-3-7-16-13/h9-13,16H,2-8H2,1H3/t11?,12?,13-/m0/s1. The highest BCUT2D eigenvalue weighted by Gasteiger charge is 2.25. The molecule has 1 aliphatic heterocycles. The Labute approximate surface area is 104 Å². The number of rotatable bonds is 2. The zero-order valence-electron chi connectivity index (χ0n) is 10.7. The van der Waals surface area contributed by atoms with Crippen LogP contribution in [0.4, 0.5) is 0 Å². The van der Waals surface area contributed by atoms with Crippen LogP contribution in [0, 0.1) is 5.92 Å². The summed E-state index contributed by atoms with van der Waals surface area (Å²) in [6.07, 6.45) is 12.1. The number of imidazole rings is 1. The molecule has 1 aliphatic carbocycles. The van der Waals surface area contributed by atoms with Crippen LogP contribution in [0.3, 0.4) is 0 Å². The molecule has 3 heteroatoms. The average Bonchev–Trinajstić information content (AvgIpc) is 3.00. The quantitative estimate of drug-likeness (QED) is 0.851. The van der Waals surface area contributed by atoms with Crippen LogP contribution in [0.25, 0.3) is 0 Å². The van der Waals surface area contributed by atoms with Crippen molar-refractivity contribution in [2.75, 3.05) is 6.54 Å². The minimum absolute atomic E-state index is 0.551. The lowest BCUT2D eigenvalue weighted by Crippen LogP contribution is -2.22. The second-order valence-electron chi connectivity index (χ2n) is 5.80. The van der Waals surface area contributed by atoms with E-state index in [2.05, 4.69) is 34.3 Å². The lowest BCUT2D eigenvalue weighted by Gasteiger charge is -2.30. The summed E-state index contributed by atoms with van der Waals surface area (Å²) >= 11 is 0. The van der Waals surface area contributed by atoms with Gasteiger partial charge in [0.1, 0.15) is 0 Å². The van der Waals surface area contributed by atoms with E-state index >= 15 is 0 Å². The number of hydrogen-bond donors (Lipinski definition) is 1. The largest absolute Gasteiger partial charge is 0.330 e. The van der Waals surface area contributed by atoms with Gasteiger partial charge in [0.2, 0.25) is 0 Å².